The lowest BCUT2D eigenvalue weighted by Gasteiger charge is -2.03. The minimum absolute atomic E-state index is 0.0466. The molecule has 0 aromatic heterocycles. The Bertz CT molecular complexity index is 136. The van der Waals surface area contributed by atoms with E-state index < -0.39 is 0 Å². The van der Waals surface area contributed by atoms with Gasteiger partial charge in [0.25, 0.3) is 0 Å². The summed E-state index contributed by atoms with van der Waals surface area (Å²) in [5.74, 6) is 0.820. The van der Waals surface area contributed by atoms with Gasteiger partial charge in [-0.2, -0.15) is 0 Å². The van der Waals surface area contributed by atoms with E-state index in [4.69, 9.17) is 4.74 Å². The first kappa shape index (κ1) is 9.21. The number of allylic oxidation sites excluding steroid dienone is 2. The van der Waals surface area contributed by atoms with Crippen molar-refractivity contribution in [2.75, 3.05) is 6.61 Å². The van der Waals surface area contributed by atoms with Crippen molar-refractivity contribution in [2.24, 2.45) is 0 Å². The van der Waals surface area contributed by atoms with Gasteiger partial charge in [-0.25, -0.2) is 0 Å². The normalized spacial score (nSPS) is 11.3. The number of carbonyl (C=O) groups excluding carboxylic acids is 1. The van der Waals surface area contributed by atoms with Gasteiger partial charge in [-0.3, -0.25) is 4.79 Å². The Morgan fingerprint density at radius 2 is 2.10 bits per heavy atom. The zero-order valence-corrected chi connectivity index (χ0v) is 6.81. The molecule has 0 aliphatic carbocycles. The molecule has 0 aromatic rings. The van der Waals surface area contributed by atoms with Crippen LogP contribution in [0.25, 0.3) is 0 Å². The highest BCUT2D eigenvalue weighted by atomic mass is 16.5. The number of ether oxygens (including phenoxy) is 1. The third-order valence-corrected chi connectivity index (χ3v) is 1.04. The second kappa shape index (κ2) is 5.03. The average molecular weight is 142 g/mol. The standard InChI is InChI=1S/C8H14O2/c1-4-8(10-5-2)6-7(3)9/h6H,4-5H2,1-3H3/b8-6+. The van der Waals surface area contributed by atoms with E-state index in [1.165, 1.54) is 13.0 Å². The molecule has 0 aliphatic heterocycles. The van der Waals surface area contributed by atoms with E-state index in [0.717, 1.165) is 12.2 Å². The molecule has 0 aliphatic rings. The number of ketones is 1. The molecule has 0 bridgehead atoms. The van der Waals surface area contributed by atoms with Crippen LogP contribution < -0.4 is 0 Å². The van der Waals surface area contributed by atoms with Crippen molar-refractivity contribution in [1.82, 2.24) is 0 Å². The Hall–Kier alpha value is -0.790. The van der Waals surface area contributed by atoms with Gasteiger partial charge in [0.2, 0.25) is 0 Å². The summed E-state index contributed by atoms with van der Waals surface area (Å²) in [5.41, 5.74) is 0. The third kappa shape index (κ3) is 4.13. The summed E-state index contributed by atoms with van der Waals surface area (Å²) in [6, 6.07) is 0. The van der Waals surface area contributed by atoms with Gasteiger partial charge in [-0.15, -0.1) is 0 Å². The zero-order valence-electron chi connectivity index (χ0n) is 6.81. The minimum Gasteiger partial charge on any atom is -0.498 e. The lowest BCUT2D eigenvalue weighted by molar-refractivity contribution is -0.112. The SMILES string of the molecule is CCO/C(=C/C(C)=O)CC. The van der Waals surface area contributed by atoms with Crippen molar-refractivity contribution in [3.8, 4) is 0 Å². The fourth-order valence-electron chi connectivity index (χ4n) is 0.658. The van der Waals surface area contributed by atoms with Crippen LogP contribution in [0.4, 0.5) is 0 Å². The van der Waals surface area contributed by atoms with E-state index in [1.807, 2.05) is 13.8 Å². The molecule has 2 nitrogen and oxygen atoms in total. The van der Waals surface area contributed by atoms with E-state index in [2.05, 4.69) is 0 Å². The van der Waals surface area contributed by atoms with Crippen LogP contribution in [0.1, 0.15) is 27.2 Å². The largest absolute Gasteiger partial charge is 0.498 e. The summed E-state index contributed by atoms with van der Waals surface area (Å²) in [5, 5.41) is 0. The van der Waals surface area contributed by atoms with Gasteiger partial charge >= 0.3 is 0 Å². The average Bonchev–Trinajstić information content (AvgIpc) is 1.86. The smallest absolute Gasteiger partial charge is 0.155 e. The highest BCUT2D eigenvalue weighted by Crippen LogP contribution is 2.01. The van der Waals surface area contributed by atoms with Gasteiger partial charge < -0.3 is 4.74 Å². The van der Waals surface area contributed by atoms with Crippen molar-refractivity contribution < 1.29 is 9.53 Å². The molecule has 0 unspecified atom stereocenters. The van der Waals surface area contributed by atoms with E-state index in [-0.39, 0.29) is 5.78 Å². The van der Waals surface area contributed by atoms with Crippen molar-refractivity contribution in [3.05, 3.63) is 11.8 Å². The van der Waals surface area contributed by atoms with Crippen molar-refractivity contribution >= 4 is 5.78 Å². The van der Waals surface area contributed by atoms with Crippen LogP contribution in [0.5, 0.6) is 0 Å². The molecule has 0 aromatic carbocycles. The monoisotopic (exact) mass is 142 g/mol. The van der Waals surface area contributed by atoms with Crippen molar-refractivity contribution in [3.63, 3.8) is 0 Å². The van der Waals surface area contributed by atoms with Crippen molar-refractivity contribution in [2.45, 2.75) is 27.2 Å². The molecule has 58 valence electrons. The molecule has 0 spiro atoms. The lowest BCUT2D eigenvalue weighted by atomic mass is 10.3. The van der Waals surface area contributed by atoms with Gasteiger partial charge in [0.15, 0.2) is 5.78 Å². The number of hydrogen-bond donors (Lipinski definition) is 0. The summed E-state index contributed by atoms with van der Waals surface area (Å²) in [6.07, 6.45) is 2.32. The summed E-state index contributed by atoms with van der Waals surface area (Å²) in [6.45, 7) is 6.02. The number of rotatable bonds is 4. The lowest BCUT2D eigenvalue weighted by Crippen LogP contribution is -1.93. The summed E-state index contributed by atoms with van der Waals surface area (Å²) in [4.78, 5) is 10.5. The highest BCUT2D eigenvalue weighted by molar-refractivity contribution is 5.87. The predicted molar refractivity (Wildman–Crippen MR) is 40.7 cm³/mol. The maximum atomic E-state index is 10.5. The fourth-order valence-corrected chi connectivity index (χ4v) is 0.658. The van der Waals surface area contributed by atoms with E-state index in [9.17, 15) is 4.79 Å². The van der Waals surface area contributed by atoms with Crippen LogP contribution in [0.2, 0.25) is 0 Å². The van der Waals surface area contributed by atoms with E-state index in [0.29, 0.717) is 6.61 Å². The summed E-state index contributed by atoms with van der Waals surface area (Å²) >= 11 is 0. The first-order chi connectivity index (χ1) is 4.70. The molecule has 0 fully saturated rings. The molecular weight excluding hydrogens is 128 g/mol. The molecule has 10 heavy (non-hydrogen) atoms. The highest BCUT2D eigenvalue weighted by Gasteiger charge is 1.93. The molecule has 0 heterocycles. The molecule has 0 amide bonds. The van der Waals surface area contributed by atoms with Crippen LogP contribution in [-0.4, -0.2) is 12.4 Å². The topological polar surface area (TPSA) is 26.3 Å². The molecule has 0 saturated carbocycles. The quantitative estimate of drug-likeness (QED) is 0.442. The Morgan fingerprint density at radius 3 is 2.40 bits per heavy atom. The van der Waals surface area contributed by atoms with Crippen LogP contribution in [-0.2, 0) is 9.53 Å². The third-order valence-electron chi connectivity index (χ3n) is 1.04. The number of carbonyl (C=O) groups is 1. The zero-order chi connectivity index (χ0) is 7.98. The fraction of sp³-hybridized carbons (Fsp3) is 0.625. The maximum Gasteiger partial charge on any atom is 0.155 e. The second-order valence-corrected chi connectivity index (χ2v) is 2.01. The van der Waals surface area contributed by atoms with Crippen molar-refractivity contribution in [1.29, 1.82) is 0 Å². The van der Waals surface area contributed by atoms with Gasteiger partial charge in [-0.1, -0.05) is 6.92 Å². The molecule has 0 rings (SSSR count). The predicted octanol–water partition coefficient (Wildman–Crippen LogP) is 1.91. The van der Waals surface area contributed by atoms with Gasteiger partial charge in [-0.05, 0) is 13.8 Å². The van der Waals surface area contributed by atoms with Gasteiger partial charge in [0.05, 0.1) is 12.4 Å². The first-order valence-corrected chi connectivity index (χ1v) is 3.54. The first-order valence-electron chi connectivity index (χ1n) is 3.54. The maximum absolute atomic E-state index is 10.5. The molecule has 0 radical (unpaired) electrons. The summed E-state index contributed by atoms with van der Waals surface area (Å²) in [7, 11) is 0. The second-order valence-electron chi connectivity index (χ2n) is 2.01. The van der Waals surface area contributed by atoms with Gasteiger partial charge in [0, 0.05) is 12.5 Å². The molecule has 2 heteroatoms. The Labute approximate surface area is 61.9 Å². The Balaban J connectivity index is 3.91. The van der Waals surface area contributed by atoms with Crippen LogP contribution in [0.3, 0.4) is 0 Å². The molecule has 0 N–H and O–H groups in total. The van der Waals surface area contributed by atoms with Gasteiger partial charge in [0.1, 0.15) is 0 Å². The van der Waals surface area contributed by atoms with Crippen LogP contribution in [0, 0.1) is 0 Å². The Morgan fingerprint density at radius 1 is 1.50 bits per heavy atom. The van der Waals surface area contributed by atoms with E-state index >= 15 is 0 Å². The molecule has 0 atom stereocenters. The van der Waals surface area contributed by atoms with E-state index in [1.54, 1.807) is 0 Å². The summed E-state index contributed by atoms with van der Waals surface area (Å²) < 4.78 is 5.14. The molecule has 0 saturated heterocycles. The Kier molecular flexibility index (Phi) is 4.63. The van der Waals surface area contributed by atoms with Crippen LogP contribution >= 0.6 is 0 Å². The number of hydrogen-bond acceptors (Lipinski definition) is 2. The molecular formula is C8H14O2. The minimum atomic E-state index is 0.0466. The van der Waals surface area contributed by atoms with Crippen LogP contribution in [0.15, 0.2) is 11.8 Å².